The molecule has 1 aromatic carbocycles. The van der Waals surface area contributed by atoms with Crippen LogP contribution in [-0.4, -0.2) is 52.3 Å². The van der Waals surface area contributed by atoms with Gasteiger partial charge in [0, 0.05) is 44.5 Å². The van der Waals surface area contributed by atoms with Crippen molar-refractivity contribution < 1.29 is 14.3 Å². The fourth-order valence-corrected chi connectivity index (χ4v) is 3.17. The Morgan fingerprint density at radius 3 is 2.88 bits per heavy atom. The molecule has 1 unspecified atom stereocenters. The summed E-state index contributed by atoms with van der Waals surface area (Å²) in [6, 6.07) is 7.60. The van der Waals surface area contributed by atoms with Gasteiger partial charge >= 0.3 is 0 Å². The summed E-state index contributed by atoms with van der Waals surface area (Å²) in [6.07, 6.45) is 5.06. The first-order chi connectivity index (χ1) is 12.6. The van der Waals surface area contributed by atoms with E-state index in [-0.39, 0.29) is 24.2 Å². The van der Waals surface area contributed by atoms with Gasteiger partial charge in [-0.15, -0.1) is 0 Å². The smallest absolute Gasteiger partial charge is 0.228 e. The third-order valence-electron chi connectivity index (χ3n) is 4.51. The Bertz CT molecular complexity index is 781. The average molecular weight is 354 g/mol. The first-order valence-electron chi connectivity index (χ1n) is 8.48. The summed E-state index contributed by atoms with van der Waals surface area (Å²) < 4.78 is 5.34. The monoisotopic (exact) mass is 354 g/mol. The number of carbonyl (C=O) groups excluding carboxylic acids is 2. The molecular formula is C19H22N4O3. The highest BCUT2D eigenvalue weighted by Gasteiger charge is 2.36. The lowest BCUT2D eigenvalue weighted by Gasteiger charge is -2.21. The van der Waals surface area contributed by atoms with Crippen molar-refractivity contribution in [3.05, 3.63) is 54.1 Å². The number of aromatic nitrogens is 2. The number of methoxy groups -OCH3 is 1. The number of hydrogen-bond donors (Lipinski definition) is 0. The van der Waals surface area contributed by atoms with E-state index in [4.69, 9.17) is 4.74 Å². The summed E-state index contributed by atoms with van der Waals surface area (Å²) >= 11 is 0. The van der Waals surface area contributed by atoms with Crippen molar-refractivity contribution >= 4 is 11.8 Å². The van der Waals surface area contributed by atoms with E-state index >= 15 is 0 Å². The molecule has 0 aliphatic carbocycles. The molecule has 7 heteroatoms. The van der Waals surface area contributed by atoms with Crippen molar-refractivity contribution in [2.24, 2.45) is 5.92 Å². The van der Waals surface area contributed by atoms with Gasteiger partial charge in [-0.3, -0.25) is 19.6 Å². The van der Waals surface area contributed by atoms with Gasteiger partial charge in [-0.2, -0.15) is 0 Å². The lowest BCUT2D eigenvalue weighted by Crippen LogP contribution is -2.34. The highest BCUT2D eigenvalue weighted by molar-refractivity contribution is 5.89. The molecule has 1 aliphatic heterocycles. The minimum Gasteiger partial charge on any atom is -0.496 e. The molecule has 1 aliphatic rings. The maximum Gasteiger partial charge on any atom is 0.228 e. The normalized spacial score (nSPS) is 16.6. The summed E-state index contributed by atoms with van der Waals surface area (Å²) in [4.78, 5) is 36.6. The molecule has 1 atom stereocenters. The number of ether oxygens (including phenoxy) is 1. The molecule has 26 heavy (non-hydrogen) atoms. The molecule has 7 nitrogen and oxygen atoms in total. The molecule has 0 bridgehead atoms. The highest BCUT2D eigenvalue weighted by atomic mass is 16.5. The van der Waals surface area contributed by atoms with Gasteiger partial charge in [0.1, 0.15) is 5.75 Å². The van der Waals surface area contributed by atoms with Crippen molar-refractivity contribution in [2.45, 2.75) is 19.5 Å². The molecule has 2 heterocycles. The number of hydrogen-bond acceptors (Lipinski definition) is 5. The number of carbonyl (C=O) groups is 2. The molecule has 1 fully saturated rings. The molecule has 0 spiro atoms. The predicted molar refractivity (Wildman–Crippen MR) is 95.0 cm³/mol. The maximum absolute atomic E-state index is 12.7. The lowest BCUT2D eigenvalue weighted by molar-refractivity contribution is -0.135. The molecule has 136 valence electrons. The Morgan fingerprint density at radius 2 is 2.15 bits per heavy atom. The summed E-state index contributed by atoms with van der Waals surface area (Å²) in [5.41, 5.74) is 1.66. The van der Waals surface area contributed by atoms with E-state index in [2.05, 4.69) is 9.97 Å². The quantitative estimate of drug-likeness (QED) is 0.786. The first-order valence-corrected chi connectivity index (χ1v) is 8.48. The number of benzene rings is 1. The molecule has 1 aromatic heterocycles. The van der Waals surface area contributed by atoms with Crippen molar-refractivity contribution in [1.29, 1.82) is 0 Å². The second-order valence-electron chi connectivity index (χ2n) is 6.38. The van der Waals surface area contributed by atoms with Gasteiger partial charge in [0.25, 0.3) is 0 Å². The second-order valence-corrected chi connectivity index (χ2v) is 6.38. The third-order valence-corrected chi connectivity index (χ3v) is 4.51. The zero-order valence-electron chi connectivity index (χ0n) is 15.0. The largest absolute Gasteiger partial charge is 0.496 e. The van der Waals surface area contributed by atoms with Gasteiger partial charge in [-0.05, 0) is 6.07 Å². The Labute approximate surface area is 152 Å². The molecule has 0 radical (unpaired) electrons. The number of likely N-dealkylation sites (tertiary alicyclic amines) is 1. The summed E-state index contributed by atoms with van der Waals surface area (Å²) in [7, 11) is 3.34. The van der Waals surface area contributed by atoms with Crippen LogP contribution in [0.2, 0.25) is 0 Å². The van der Waals surface area contributed by atoms with Crippen LogP contribution in [0.5, 0.6) is 5.75 Å². The highest BCUT2D eigenvalue weighted by Crippen LogP contribution is 2.25. The van der Waals surface area contributed by atoms with E-state index in [0.717, 1.165) is 17.0 Å². The number of rotatable bonds is 6. The van der Waals surface area contributed by atoms with Crippen LogP contribution in [-0.2, 0) is 22.7 Å². The summed E-state index contributed by atoms with van der Waals surface area (Å²) in [6.45, 7) is 1.24. The molecule has 3 rings (SSSR count). The lowest BCUT2D eigenvalue weighted by atomic mass is 10.1. The third kappa shape index (κ3) is 3.99. The van der Waals surface area contributed by atoms with Crippen LogP contribution in [0, 0.1) is 5.92 Å². The summed E-state index contributed by atoms with van der Waals surface area (Å²) in [5.74, 6) is 0.349. The Balaban J connectivity index is 1.62. The van der Waals surface area contributed by atoms with Crippen molar-refractivity contribution in [2.75, 3.05) is 20.7 Å². The van der Waals surface area contributed by atoms with Gasteiger partial charge in [0.2, 0.25) is 11.8 Å². The van der Waals surface area contributed by atoms with Crippen LogP contribution < -0.4 is 4.74 Å². The Hall–Kier alpha value is -2.96. The number of nitrogens with zero attached hydrogens (tertiary/aromatic N) is 4. The van der Waals surface area contributed by atoms with Crippen LogP contribution in [0.1, 0.15) is 17.7 Å². The van der Waals surface area contributed by atoms with Crippen LogP contribution in [0.15, 0.2) is 42.9 Å². The van der Waals surface area contributed by atoms with Gasteiger partial charge in [0.05, 0.1) is 31.5 Å². The van der Waals surface area contributed by atoms with E-state index in [1.54, 1.807) is 42.5 Å². The van der Waals surface area contributed by atoms with Crippen molar-refractivity contribution in [1.82, 2.24) is 19.8 Å². The van der Waals surface area contributed by atoms with Crippen molar-refractivity contribution in [3.8, 4) is 5.75 Å². The molecule has 0 saturated carbocycles. The number of amides is 2. The number of para-hydroxylation sites is 1. The van der Waals surface area contributed by atoms with Crippen LogP contribution in [0.3, 0.4) is 0 Å². The van der Waals surface area contributed by atoms with E-state index in [1.807, 2.05) is 24.3 Å². The minimum atomic E-state index is -0.334. The van der Waals surface area contributed by atoms with Crippen LogP contribution >= 0.6 is 0 Å². The molecule has 2 amide bonds. The molecule has 0 N–H and O–H groups in total. The SMILES string of the molecule is COc1ccccc1CN1CC(C(=O)N(C)Cc2cnccn2)CC1=O. The van der Waals surface area contributed by atoms with E-state index < -0.39 is 0 Å². The average Bonchev–Trinajstić information content (AvgIpc) is 3.03. The fourth-order valence-electron chi connectivity index (χ4n) is 3.17. The zero-order valence-corrected chi connectivity index (χ0v) is 15.0. The summed E-state index contributed by atoms with van der Waals surface area (Å²) in [5, 5.41) is 0. The Morgan fingerprint density at radius 1 is 1.35 bits per heavy atom. The topological polar surface area (TPSA) is 75.6 Å². The first kappa shape index (κ1) is 17.8. The van der Waals surface area contributed by atoms with Gasteiger partial charge in [-0.1, -0.05) is 18.2 Å². The second kappa shape index (κ2) is 7.95. The Kier molecular flexibility index (Phi) is 5.46. The predicted octanol–water partition coefficient (Wildman–Crippen LogP) is 1.49. The molecular weight excluding hydrogens is 332 g/mol. The zero-order chi connectivity index (χ0) is 18.5. The maximum atomic E-state index is 12.7. The van der Waals surface area contributed by atoms with E-state index in [0.29, 0.717) is 19.6 Å². The molecule has 1 saturated heterocycles. The minimum absolute atomic E-state index is 0.0119. The molecule has 2 aromatic rings. The van der Waals surface area contributed by atoms with E-state index in [1.165, 1.54) is 0 Å². The van der Waals surface area contributed by atoms with E-state index in [9.17, 15) is 9.59 Å². The standard InChI is InChI=1S/C19H22N4O3/c1-22(13-16-10-20-7-8-21-16)19(25)15-9-18(24)23(12-15)11-14-5-3-4-6-17(14)26-2/h3-8,10,15H,9,11-13H2,1-2H3. The van der Waals surface area contributed by atoms with Crippen molar-refractivity contribution in [3.63, 3.8) is 0 Å². The fraction of sp³-hybridized carbons (Fsp3) is 0.368. The van der Waals surface area contributed by atoms with Gasteiger partial charge in [0.15, 0.2) is 0 Å². The van der Waals surface area contributed by atoms with Crippen LogP contribution in [0.25, 0.3) is 0 Å². The van der Waals surface area contributed by atoms with Gasteiger partial charge < -0.3 is 14.5 Å². The van der Waals surface area contributed by atoms with Gasteiger partial charge in [-0.25, -0.2) is 0 Å². The van der Waals surface area contributed by atoms with Crippen LogP contribution in [0.4, 0.5) is 0 Å².